The first kappa shape index (κ1) is 11.7. The van der Waals surface area contributed by atoms with Crippen LogP contribution in [0.15, 0.2) is 35.1 Å². The lowest BCUT2D eigenvalue weighted by molar-refractivity contribution is 0.606. The molecule has 2 rings (SSSR count). The van der Waals surface area contributed by atoms with E-state index in [-0.39, 0.29) is 5.56 Å². The highest BCUT2D eigenvalue weighted by Crippen LogP contribution is 2.12. The van der Waals surface area contributed by atoms with E-state index in [1.807, 2.05) is 30.3 Å². The minimum atomic E-state index is -0.0323. The Morgan fingerprint density at radius 3 is 2.82 bits per heavy atom. The van der Waals surface area contributed by atoms with Crippen molar-refractivity contribution in [2.24, 2.45) is 5.92 Å². The summed E-state index contributed by atoms with van der Waals surface area (Å²) in [6.45, 7) is 5.25. The Labute approximate surface area is 101 Å². The van der Waals surface area contributed by atoms with Gasteiger partial charge in [0.2, 0.25) is 0 Å². The molecule has 90 valence electrons. The van der Waals surface area contributed by atoms with Crippen LogP contribution < -0.4 is 10.9 Å². The van der Waals surface area contributed by atoms with Crippen LogP contribution in [-0.2, 0) is 0 Å². The summed E-state index contributed by atoms with van der Waals surface area (Å²) in [6.07, 6.45) is 1.09. The SMILES string of the molecule is CC(C)CCNc1cc2ccccc2c(=O)[nH]1. The zero-order valence-electron chi connectivity index (χ0n) is 10.3. The maximum absolute atomic E-state index is 11.8. The van der Waals surface area contributed by atoms with Crippen LogP contribution in [0.4, 0.5) is 5.82 Å². The molecule has 1 aromatic carbocycles. The van der Waals surface area contributed by atoms with Gasteiger partial charge in [0.05, 0.1) is 0 Å². The molecule has 0 spiro atoms. The van der Waals surface area contributed by atoms with Gasteiger partial charge in [0.1, 0.15) is 5.82 Å². The van der Waals surface area contributed by atoms with Crippen molar-refractivity contribution in [1.29, 1.82) is 0 Å². The van der Waals surface area contributed by atoms with Gasteiger partial charge in [0.25, 0.3) is 5.56 Å². The van der Waals surface area contributed by atoms with Crippen molar-refractivity contribution >= 4 is 16.6 Å². The summed E-state index contributed by atoms with van der Waals surface area (Å²) in [5.74, 6) is 1.46. The highest BCUT2D eigenvalue weighted by Gasteiger charge is 2.01. The Hall–Kier alpha value is -1.77. The second kappa shape index (κ2) is 5.04. The molecule has 0 atom stereocenters. The van der Waals surface area contributed by atoms with Gasteiger partial charge < -0.3 is 10.3 Å². The zero-order valence-corrected chi connectivity index (χ0v) is 10.3. The second-order valence-electron chi connectivity index (χ2n) is 4.71. The Morgan fingerprint density at radius 1 is 1.29 bits per heavy atom. The quantitative estimate of drug-likeness (QED) is 0.848. The van der Waals surface area contributed by atoms with E-state index in [2.05, 4.69) is 24.1 Å². The van der Waals surface area contributed by atoms with E-state index in [0.29, 0.717) is 5.92 Å². The maximum Gasteiger partial charge on any atom is 0.257 e. The van der Waals surface area contributed by atoms with E-state index in [9.17, 15) is 4.79 Å². The van der Waals surface area contributed by atoms with Gasteiger partial charge in [0.15, 0.2) is 0 Å². The molecule has 0 radical (unpaired) electrons. The summed E-state index contributed by atoms with van der Waals surface area (Å²) in [4.78, 5) is 14.7. The lowest BCUT2D eigenvalue weighted by Gasteiger charge is -2.08. The molecule has 2 N–H and O–H groups in total. The summed E-state index contributed by atoms with van der Waals surface area (Å²) in [5.41, 5.74) is -0.0323. The molecular formula is C14H18N2O. The van der Waals surface area contributed by atoms with Crippen molar-refractivity contribution in [3.8, 4) is 0 Å². The molecule has 0 saturated carbocycles. The van der Waals surface area contributed by atoms with E-state index in [0.717, 1.165) is 29.6 Å². The molecule has 0 bridgehead atoms. The van der Waals surface area contributed by atoms with E-state index in [1.165, 1.54) is 0 Å². The van der Waals surface area contributed by atoms with E-state index in [4.69, 9.17) is 0 Å². The van der Waals surface area contributed by atoms with Crippen molar-refractivity contribution in [3.05, 3.63) is 40.7 Å². The Balaban J connectivity index is 2.22. The monoisotopic (exact) mass is 230 g/mol. The molecule has 0 aliphatic rings. The van der Waals surface area contributed by atoms with Gasteiger partial charge in [-0.3, -0.25) is 4.79 Å². The summed E-state index contributed by atoms with van der Waals surface area (Å²) in [7, 11) is 0. The van der Waals surface area contributed by atoms with Crippen LogP contribution in [0.2, 0.25) is 0 Å². The van der Waals surface area contributed by atoms with Crippen LogP contribution in [0.3, 0.4) is 0 Å². The summed E-state index contributed by atoms with van der Waals surface area (Å²) >= 11 is 0. The van der Waals surface area contributed by atoms with Crippen LogP contribution in [0, 0.1) is 5.92 Å². The standard InChI is InChI=1S/C14H18N2O/c1-10(2)7-8-15-13-9-11-5-3-4-6-12(11)14(17)16-13/h3-6,9-10H,7-8H2,1-2H3,(H2,15,16,17). The fraction of sp³-hybridized carbons (Fsp3) is 0.357. The third kappa shape index (κ3) is 2.87. The maximum atomic E-state index is 11.8. The topological polar surface area (TPSA) is 44.9 Å². The number of fused-ring (bicyclic) bond motifs is 1. The van der Waals surface area contributed by atoms with Crippen LogP contribution in [-0.4, -0.2) is 11.5 Å². The molecular weight excluding hydrogens is 212 g/mol. The van der Waals surface area contributed by atoms with Gasteiger partial charge in [-0.1, -0.05) is 32.0 Å². The van der Waals surface area contributed by atoms with Gasteiger partial charge in [-0.15, -0.1) is 0 Å². The number of rotatable bonds is 4. The van der Waals surface area contributed by atoms with Crippen molar-refractivity contribution in [2.45, 2.75) is 20.3 Å². The van der Waals surface area contributed by atoms with Crippen LogP contribution in [0.25, 0.3) is 10.8 Å². The van der Waals surface area contributed by atoms with E-state index >= 15 is 0 Å². The first-order valence-electron chi connectivity index (χ1n) is 6.03. The Bertz CT molecular complexity index is 557. The molecule has 3 heteroatoms. The number of benzene rings is 1. The van der Waals surface area contributed by atoms with Crippen LogP contribution >= 0.6 is 0 Å². The highest BCUT2D eigenvalue weighted by atomic mass is 16.1. The number of H-pyrrole nitrogens is 1. The predicted octanol–water partition coefficient (Wildman–Crippen LogP) is 2.99. The number of hydrogen-bond donors (Lipinski definition) is 2. The molecule has 1 heterocycles. The molecule has 0 saturated heterocycles. The summed E-state index contributed by atoms with van der Waals surface area (Å²) < 4.78 is 0. The number of pyridine rings is 1. The summed E-state index contributed by atoms with van der Waals surface area (Å²) in [5, 5.41) is 4.97. The first-order valence-corrected chi connectivity index (χ1v) is 6.03. The van der Waals surface area contributed by atoms with Gasteiger partial charge in [0, 0.05) is 11.9 Å². The normalized spacial score (nSPS) is 11.0. The molecule has 3 nitrogen and oxygen atoms in total. The molecule has 0 amide bonds. The Kier molecular flexibility index (Phi) is 3.47. The highest BCUT2D eigenvalue weighted by molar-refractivity contribution is 5.83. The minimum Gasteiger partial charge on any atom is -0.372 e. The van der Waals surface area contributed by atoms with E-state index < -0.39 is 0 Å². The molecule has 1 aromatic heterocycles. The number of nitrogens with one attached hydrogen (secondary N) is 2. The molecule has 2 aromatic rings. The van der Waals surface area contributed by atoms with Gasteiger partial charge >= 0.3 is 0 Å². The molecule has 17 heavy (non-hydrogen) atoms. The molecule has 0 fully saturated rings. The third-order valence-corrected chi connectivity index (χ3v) is 2.79. The molecule has 0 aliphatic carbocycles. The van der Waals surface area contributed by atoms with E-state index in [1.54, 1.807) is 0 Å². The predicted molar refractivity (Wildman–Crippen MR) is 72.5 cm³/mol. The zero-order chi connectivity index (χ0) is 12.3. The molecule has 0 unspecified atom stereocenters. The van der Waals surface area contributed by atoms with Crippen molar-refractivity contribution in [1.82, 2.24) is 4.98 Å². The lowest BCUT2D eigenvalue weighted by Crippen LogP contribution is -2.12. The lowest BCUT2D eigenvalue weighted by atomic mass is 10.1. The average molecular weight is 230 g/mol. The fourth-order valence-corrected chi connectivity index (χ4v) is 1.80. The third-order valence-electron chi connectivity index (χ3n) is 2.79. The van der Waals surface area contributed by atoms with Gasteiger partial charge in [-0.2, -0.15) is 0 Å². The van der Waals surface area contributed by atoms with Crippen molar-refractivity contribution in [2.75, 3.05) is 11.9 Å². The summed E-state index contributed by atoms with van der Waals surface area (Å²) in [6, 6.07) is 9.60. The molecule has 0 aliphatic heterocycles. The van der Waals surface area contributed by atoms with Crippen LogP contribution in [0.1, 0.15) is 20.3 Å². The first-order chi connectivity index (χ1) is 8.16. The van der Waals surface area contributed by atoms with Crippen molar-refractivity contribution in [3.63, 3.8) is 0 Å². The number of aromatic nitrogens is 1. The second-order valence-corrected chi connectivity index (χ2v) is 4.71. The number of hydrogen-bond acceptors (Lipinski definition) is 2. The minimum absolute atomic E-state index is 0.0323. The van der Waals surface area contributed by atoms with Gasteiger partial charge in [-0.25, -0.2) is 0 Å². The Morgan fingerprint density at radius 2 is 2.06 bits per heavy atom. The van der Waals surface area contributed by atoms with Crippen LogP contribution in [0.5, 0.6) is 0 Å². The average Bonchev–Trinajstić information content (AvgIpc) is 2.28. The fourth-order valence-electron chi connectivity index (χ4n) is 1.80. The smallest absolute Gasteiger partial charge is 0.257 e. The number of aromatic amines is 1. The largest absolute Gasteiger partial charge is 0.372 e. The number of anilines is 1. The van der Waals surface area contributed by atoms with Gasteiger partial charge in [-0.05, 0) is 29.9 Å². The van der Waals surface area contributed by atoms with Crippen molar-refractivity contribution < 1.29 is 0 Å².